The van der Waals surface area contributed by atoms with Crippen LogP contribution in [-0.4, -0.2) is 32.3 Å². The maximum absolute atomic E-state index is 11.1. The molecule has 5 heteroatoms. The van der Waals surface area contributed by atoms with Crippen LogP contribution >= 0.6 is 0 Å². The Hall–Kier alpha value is -1.78. The number of esters is 2. The van der Waals surface area contributed by atoms with E-state index in [4.69, 9.17) is 4.74 Å². The molecule has 0 fully saturated rings. The molecule has 0 rings (SSSR count). The molecule has 0 bridgehead atoms. The van der Waals surface area contributed by atoms with Crippen LogP contribution in [0, 0.1) is 0 Å². The lowest BCUT2D eigenvalue weighted by atomic mass is 10.3. The fourth-order valence-electron chi connectivity index (χ4n) is 0.630. The number of ether oxygens (including phenoxy) is 3. The molecule has 0 radical (unpaired) electrons. The number of methoxy groups -OCH3 is 2. The average molecular weight is 214 g/mol. The lowest BCUT2D eigenvalue weighted by molar-refractivity contribution is -0.144. The first-order valence-electron chi connectivity index (χ1n) is 4.21. The first kappa shape index (κ1) is 13.2. The Kier molecular flexibility index (Phi) is 5.85. The SMILES string of the molecule is C=CC(C)OC=C(C(=O)OC)C(=O)OC. The van der Waals surface area contributed by atoms with E-state index in [-0.39, 0.29) is 11.7 Å². The molecule has 0 saturated heterocycles. The minimum Gasteiger partial charge on any atom is -0.493 e. The summed E-state index contributed by atoms with van der Waals surface area (Å²) in [4.78, 5) is 22.2. The van der Waals surface area contributed by atoms with Crippen LogP contribution in [0.1, 0.15) is 6.92 Å². The highest BCUT2D eigenvalue weighted by atomic mass is 16.5. The summed E-state index contributed by atoms with van der Waals surface area (Å²) in [6, 6.07) is 0. The molecule has 15 heavy (non-hydrogen) atoms. The van der Waals surface area contributed by atoms with Gasteiger partial charge < -0.3 is 14.2 Å². The van der Waals surface area contributed by atoms with E-state index in [2.05, 4.69) is 16.1 Å². The molecule has 0 aliphatic heterocycles. The van der Waals surface area contributed by atoms with Gasteiger partial charge in [-0.2, -0.15) is 0 Å². The van der Waals surface area contributed by atoms with Crippen LogP contribution in [0.25, 0.3) is 0 Å². The van der Waals surface area contributed by atoms with Crippen molar-refractivity contribution in [3.05, 3.63) is 24.5 Å². The van der Waals surface area contributed by atoms with Crippen LogP contribution in [0.4, 0.5) is 0 Å². The van der Waals surface area contributed by atoms with Crippen LogP contribution in [0.3, 0.4) is 0 Å². The minimum absolute atomic E-state index is 0.297. The summed E-state index contributed by atoms with van der Waals surface area (Å²) in [5.74, 6) is -1.61. The maximum atomic E-state index is 11.1. The second kappa shape index (κ2) is 6.64. The highest BCUT2D eigenvalue weighted by molar-refractivity contribution is 6.13. The highest BCUT2D eigenvalue weighted by Crippen LogP contribution is 2.03. The van der Waals surface area contributed by atoms with E-state index in [1.165, 1.54) is 6.08 Å². The summed E-state index contributed by atoms with van der Waals surface area (Å²) in [5, 5.41) is 0. The molecule has 0 aromatic heterocycles. The van der Waals surface area contributed by atoms with Crippen molar-refractivity contribution in [3.8, 4) is 0 Å². The van der Waals surface area contributed by atoms with Crippen molar-refractivity contribution in [2.24, 2.45) is 0 Å². The van der Waals surface area contributed by atoms with Crippen LogP contribution in [0.2, 0.25) is 0 Å². The number of hydrogen-bond acceptors (Lipinski definition) is 5. The summed E-state index contributed by atoms with van der Waals surface area (Å²) < 4.78 is 13.8. The standard InChI is InChI=1S/C10H14O5/c1-5-7(2)15-6-8(9(11)13-3)10(12)14-4/h5-7H,1H2,2-4H3. The topological polar surface area (TPSA) is 61.8 Å². The third-order valence-electron chi connectivity index (χ3n) is 1.54. The van der Waals surface area contributed by atoms with Gasteiger partial charge in [-0.25, -0.2) is 9.59 Å². The largest absolute Gasteiger partial charge is 0.493 e. The van der Waals surface area contributed by atoms with Crippen LogP contribution < -0.4 is 0 Å². The van der Waals surface area contributed by atoms with E-state index in [1.54, 1.807) is 6.92 Å². The molecule has 0 aliphatic rings. The zero-order valence-electron chi connectivity index (χ0n) is 8.98. The zero-order chi connectivity index (χ0) is 11.8. The Labute approximate surface area is 88.3 Å². The average Bonchev–Trinajstić information content (AvgIpc) is 2.27. The summed E-state index contributed by atoms with van der Waals surface area (Å²) in [6.07, 6.45) is 2.21. The van der Waals surface area contributed by atoms with Crippen LogP contribution in [-0.2, 0) is 23.8 Å². The number of hydrogen-bond donors (Lipinski definition) is 0. The first-order valence-corrected chi connectivity index (χ1v) is 4.21. The molecule has 5 nitrogen and oxygen atoms in total. The van der Waals surface area contributed by atoms with Gasteiger partial charge in [-0.05, 0) is 6.92 Å². The van der Waals surface area contributed by atoms with Gasteiger partial charge in [-0.1, -0.05) is 12.7 Å². The summed E-state index contributed by atoms with van der Waals surface area (Å²) in [6.45, 7) is 5.19. The Balaban J connectivity index is 4.69. The molecular formula is C10H14O5. The smallest absolute Gasteiger partial charge is 0.348 e. The van der Waals surface area contributed by atoms with Gasteiger partial charge in [-0.3, -0.25) is 0 Å². The van der Waals surface area contributed by atoms with E-state index in [1.807, 2.05) is 0 Å². The fraction of sp³-hybridized carbons (Fsp3) is 0.400. The number of rotatable bonds is 5. The predicted molar refractivity (Wildman–Crippen MR) is 52.9 cm³/mol. The van der Waals surface area contributed by atoms with Gasteiger partial charge in [0.2, 0.25) is 0 Å². The molecule has 0 amide bonds. The second-order valence-electron chi connectivity index (χ2n) is 2.59. The molecule has 0 spiro atoms. The molecular weight excluding hydrogens is 200 g/mol. The molecule has 0 aromatic rings. The monoisotopic (exact) mass is 214 g/mol. The van der Waals surface area contributed by atoms with E-state index < -0.39 is 11.9 Å². The van der Waals surface area contributed by atoms with Crippen molar-refractivity contribution < 1.29 is 23.8 Å². The highest BCUT2D eigenvalue weighted by Gasteiger charge is 2.20. The molecule has 0 N–H and O–H groups in total. The summed E-state index contributed by atoms with van der Waals surface area (Å²) in [7, 11) is 2.33. The van der Waals surface area contributed by atoms with Gasteiger partial charge in [0.1, 0.15) is 12.4 Å². The van der Waals surface area contributed by atoms with Crippen molar-refractivity contribution in [2.45, 2.75) is 13.0 Å². The summed E-state index contributed by atoms with van der Waals surface area (Å²) in [5.41, 5.74) is -0.297. The fourth-order valence-corrected chi connectivity index (χ4v) is 0.630. The molecule has 0 aliphatic carbocycles. The van der Waals surface area contributed by atoms with Crippen LogP contribution in [0.15, 0.2) is 24.5 Å². The minimum atomic E-state index is -0.807. The lowest BCUT2D eigenvalue weighted by Gasteiger charge is -2.07. The third-order valence-corrected chi connectivity index (χ3v) is 1.54. The van der Waals surface area contributed by atoms with Crippen molar-refractivity contribution in [3.63, 3.8) is 0 Å². The normalized spacial score (nSPS) is 10.9. The molecule has 84 valence electrons. The van der Waals surface area contributed by atoms with Gasteiger partial charge in [0, 0.05) is 0 Å². The predicted octanol–water partition coefficient (Wildman–Crippen LogP) is 0.807. The molecule has 0 saturated carbocycles. The van der Waals surface area contributed by atoms with Crippen molar-refractivity contribution in [2.75, 3.05) is 14.2 Å². The number of carbonyl (C=O) groups is 2. The quantitative estimate of drug-likeness (QED) is 0.169. The zero-order valence-corrected chi connectivity index (χ0v) is 8.98. The molecule has 1 unspecified atom stereocenters. The first-order chi connectivity index (χ1) is 7.06. The Morgan fingerprint density at radius 3 is 2.00 bits per heavy atom. The molecule has 1 atom stereocenters. The Morgan fingerprint density at radius 1 is 1.20 bits per heavy atom. The van der Waals surface area contributed by atoms with Gasteiger partial charge in [-0.15, -0.1) is 0 Å². The van der Waals surface area contributed by atoms with Crippen molar-refractivity contribution >= 4 is 11.9 Å². The van der Waals surface area contributed by atoms with Gasteiger partial charge in [0.05, 0.1) is 14.2 Å². The van der Waals surface area contributed by atoms with Gasteiger partial charge in [0.15, 0.2) is 5.57 Å². The molecule has 0 aromatic carbocycles. The van der Waals surface area contributed by atoms with Gasteiger partial charge in [0.25, 0.3) is 0 Å². The van der Waals surface area contributed by atoms with E-state index in [0.717, 1.165) is 20.5 Å². The van der Waals surface area contributed by atoms with Crippen molar-refractivity contribution in [1.82, 2.24) is 0 Å². The Bertz CT molecular complexity index is 262. The third kappa shape index (κ3) is 4.30. The summed E-state index contributed by atoms with van der Waals surface area (Å²) >= 11 is 0. The molecule has 0 heterocycles. The van der Waals surface area contributed by atoms with Crippen molar-refractivity contribution in [1.29, 1.82) is 0 Å². The lowest BCUT2D eigenvalue weighted by Crippen LogP contribution is -2.17. The second-order valence-corrected chi connectivity index (χ2v) is 2.59. The van der Waals surface area contributed by atoms with E-state index in [9.17, 15) is 9.59 Å². The Morgan fingerprint density at radius 2 is 1.67 bits per heavy atom. The van der Waals surface area contributed by atoms with E-state index >= 15 is 0 Å². The van der Waals surface area contributed by atoms with Crippen LogP contribution in [0.5, 0.6) is 0 Å². The van der Waals surface area contributed by atoms with E-state index in [0.29, 0.717) is 0 Å². The van der Waals surface area contributed by atoms with Gasteiger partial charge >= 0.3 is 11.9 Å². The number of carbonyl (C=O) groups excluding carboxylic acids is 2. The maximum Gasteiger partial charge on any atom is 0.348 e.